The van der Waals surface area contributed by atoms with Crippen LogP contribution in [-0.4, -0.2) is 44.3 Å². The molecule has 4 N–H and O–H groups in total. The van der Waals surface area contributed by atoms with Gasteiger partial charge >= 0.3 is 0 Å². The van der Waals surface area contributed by atoms with Gasteiger partial charge in [0.2, 0.25) is 5.96 Å². The summed E-state index contributed by atoms with van der Waals surface area (Å²) in [7, 11) is 0. The molecule has 19 heavy (non-hydrogen) atoms. The molecule has 0 unspecified atom stereocenters. The summed E-state index contributed by atoms with van der Waals surface area (Å²) in [4.78, 5) is 4.35. The molecule has 0 atom stereocenters. The van der Waals surface area contributed by atoms with Crippen molar-refractivity contribution < 1.29 is 4.74 Å². The maximum atomic E-state index is 5.42. The number of guanidine groups is 1. The van der Waals surface area contributed by atoms with E-state index in [0.717, 1.165) is 39.1 Å². The monoisotopic (exact) mass is 290 g/mol. The summed E-state index contributed by atoms with van der Waals surface area (Å²) in [5, 5.41) is 3.22. The minimum atomic E-state index is 0.681. The Balaban J connectivity index is 3.44. The number of ether oxygens (including phenoxy) is 1. The van der Waals surface area contributed by atoms with Crippen LogP contribution in [0.25, 0.3) is 0 Å². The van der Waals surface area contributed by atoms with Crippen LogP contribution in [0.1, 0.15) is 39.0 Å². The van der Waals surface area contributed by atoms with Gasteiger partial charge in [-0.1, -0.05) is 12.8 Å². The molecule has 0 rings (SSSR count). The second kappa shape index (κ2) is 15.6. The van der Waals surface area contributed by atoms with Crippen molar-refractivity contribution in [3.63, 3.8) is 0 Å². The minimum Gasteiger partial charge on any atom is -0.382 e. The highest BCUT2D eigenvalue weighted by atomic mass is 32.2. The Labute approximate surface area is 122 Å². The maximum absolute atomic E-state index is 5.42. The van der Waals surface area contributed by atoms with Crippen LogP contribution in [0.15, 0.2) is 4.99 Å². The number of nitrogens with zero attached hydrogens (tertiary/aromatic N) is 1. The van der Waals surface area contributed by atoms with Crippen LogP contribution in [0.3, 0.4) is 0 Å². The number of unbranched alkanes of at least 4 members (excludes halogenated alkanes) is 3. The summed E-state index contributed by atoms with van der Waals surface area (Å²) in [5.41, 5.74) is 2.60. The van der Waals surface area contributed by atoms with Gasteiger partial charge in [-0.3, -0.25) is 10.4 Å². The normalized spacial score (nSPS) is 11.6. The number of thioether (sulfide) groups is 1. The number of nitrogens with two attached hydrogens (primary N) is 1. The first-order valence-corrected chi connectivity index (χ1v) is 8.56. The smallest absolute Gasteiger partial charge is 0.205 e. The summed E-state index contributed by atoms with van der Waals surface area (Å²) < 4.78 is 5.25. The van der Waals surface area contributed by atoms with Gasteiger partial charge in [0.25, 0.3) is 0 Å². The molecule has 6 heteroatoms. The molecule has 0 aliphatic heterocycles. The van der Waals surface area contributed by atoms with Crippen LogP contribution >= 0.6 is 11.8 Å². The Morgan fingerprint density at radius 3 is 2.68 bits per heavy atom. The van der Waals surface area contributed by atoms with Gasteiger partial charge in [-0.15, -0.1) is 0 Å². The van der Waals surface area contributed by atoms with E-state index in [-0.39, 0.29) is 0 Å². The summed E-state index contributed by atoms with van der Waals surface area (Å²) in [6.07, 6.45) is 8.12. The van der Waals surface area contributed by atoms with Crippen LogP contribution in [0.2, 0.25) is 0 Å². The predicted octanol–water partition coefficient (Wildman–Crippen LogP) is 1.75. The fourth-order valence-corrected chi connectivity index (χ4v) is 2.08. The molecule has 0 saturated heterocycles. The van der Waals surface area contributed by atoms with Crippen molar-refractivity contribution in [1.82, 2.24) is 10.7 Å². The van der Waals surface area contributed by atoms with Crippen LogP contribution < -0.4 is 16.6 Å². The molecule has 114 valence electrons. The van der Waals surface area contributed by atoms with E-state index in [4.69, 9.17) is 10.6 Å². The van der Waals surface area contributed by atoms with Gasteiger partial charge in [-0.25, -0.2) is 5.84 Å². The highest BCUT2D eigenvalue weighted by Gasteiger charge is 1.95. The van der Waals surface area contributed by atoms with Gasteiger partial charge in [-0.05, 0) is 38.2 Å². The Morgan fingerprint density at radius 1 is 1.21 bits per heavy atom. The Morgan fingerprint density at radius 2 is 2.00 bits per heavy atom. The molecule has 0 aromatic carbocycles. The summed E-state index contributed by atoms with van der Waals surface area (Å²) >= 11 is 1.92. The number of rotatable bonds is 12. The predicted molar refractivity (Wildman–Crippen MR) is 85.6 cm³/mol. The zero-order valence-electron chi connectivity index (χ0n) is 12.4. The maximum Gasteiger partial charge on any atom is 0.205 e. The van der Waals surface area contributed by atoms with Crippen molar-refractivity contribution in [1.29, 1.82) is 0 Å². The Hall–Kier alpha value is -0.460. The van der Waals surface area contributed by atoms with Crippen molar-refractivity contribution in [3.8, 4) is 0 Å². The highest BCUT2D eigenvalue weighted by Crippen LogP contribution is 2.03. The standard InChI is InChI=1S/C13H30N4OS/c1-3-18-11-8-10-16-13(17-14)15-9-6-4-5-7-12-19-2/h3-12,14H2,1-2H3,(H2,15,16,17). The molecule has 5 nitrogen and oxygen atoms in total. The van der Waals surface area contributed by atoms with Gasteiger partial charge in [0, 0.05) is 26.3 Å². The third-order valence-corrected chi connectivity index (χ3v) is 3.32. The zero-order chi connectivity index (χ0) is 14.2. The van der Waals surface area contributed by atoms with Crippen molar-refractivity contribution in [3.05, 3.63) is 0 Å². The first-order chi connectivity index (χ1) is 9.35. The summed E-state index contributed by atoms with van der Waals surface area (Å²) in [6, 6.07) is 0. The first kappa shape index (κ1) is 18.5. The highest BCUT2D eigenvalue weighted by molar-refractivity contribution is 7.98. The Kier molecular flexibility index (Phi) is 15.2. The third kappa shape index (κ3) is 13.8. The third-order valence-electron chi connectivity index (χ3n) is 2.63. The molecule has 0 aliphatic rings. The molecule has 0 bridgehead atoms. The van der Waals surface area contributed by atoms with E-state index in [9.17, 15) is 0 Å². The second-order valence-electron chi connectivity index (χ2n) is 4.26. The molecule has 0 aromatic rings. The van der Waals surface area contributed by atoms with Crippen LogP contribution in [0.5, 0.6) is 0 Å². The number of hydrazine groups is 1. The first-order valence-electron chi connectivity index (χ1n) is 7.16. The summed E-state index contributed by atoms with van der Waals surface area (Å²) in [6.45, 7) is 5.18. The molecule has 0 fully saturated rings. The fourth-order valence-electron chi connectivity index (χ4n) is 1.59. The molecule has 0 heterocycles. The van der Waals surface area contributed by atoms with Crippen LogP contribution in [-0.2, 0) is 4.74 Å². The Bertz CT molecular complexity index is 215. The van der Waals surface area contributed by atoms with E-state index in [1.165, 1.54) is 25.0 Å². The van der Waals surface area contributed by atoms with Gasteiger partial charge in [0.1, 0.15) is 0 Å². The average molecular weight is 290 g/mol. The molecule has 0 aliphatic carbocycles. The lowest BCUT2D eigenvalue weighted by atomic mass is 10.2. The van der Waals surface area contributed by atoms with E-state index >= 15 is 0 Å². The van der Waals surface area contributed by atoms with E-state index < -0.39 is 0 Å². The lowest BCUT2D eigenvalue weighted by Gasteiger charge is -2.09. The van der Waals surface area contributed by atoms with Crippen LogP contribution in [0, 0.1) is 0 Å². The number of nitrogens with one attached hydrogen (secondary N) is 2. The molecular weight excluding hydrogens is 260 g/mol. The van der Waals surface area contributed by atoms with Gasteiger partial charge < -0.3 is 10.1 Å². The molecule has 0 saturated carbocycles. The lowest BCUT2D eigenvalue weighted by Crippen LogP contribution is -2.42. The number of hydrogen-bond donors (Lipinski definition) is 3. The molecule has 0 aromatic heterocycles. The van der Waals surface area contributed by atoms with E-state index in [1.54, 1.807) is 0 Å². The second-order valence-corrected chi connectivity index (χ2v) is 5.24. The number of aliphatic imine (C=N–C) groups is 1. The lowest BCUT2D eigenvalue weighted by molar-refractivity contribution is 0.146. The van der Waals surface area contributed by atoms with E-state index in [1.807, 2.05) is 18.7 Å². The average Bonchev–Trinajstić information content (AvgIpc) is 2.44. The van der Waals surface area contributed by atoms with Gasteiger partial charge in [-0.2, -0.15) is 11.8 Å². The number of hydrogen-bond acceptors (Lipinski definition) is 4. The zero-order valence-corrected chi connectivity index (χ0v) is 13.2. The largest absolute Gasteiger partial charge is 0.382 e. The molecule has 0 radical (unpaired) electrons. The molecule has 0 amide bonds. The van der Waals surface area contributed by atoms with Crippen molar-refractivity contribution in [2.45, 2.75) is 39.0 Å². The SMILES string of the molecule is CCOCCCN=C(NN)NCCCCCCSC. The molecule has 0 spiro atoms. The molecular formula is C13H30N4OS. The van der Waals surface area contributed by atoms with E-state index in [2.05, 4.69) is 22.0 Å². The van der Waals surface area contributed by atoms with E-state index in [0.29, 0.717) is 5.96 Å². The van der Waals surface area contributed by atoms with Crippen molar-refractivity contribution in [2.75, 3.05) is 38.3 Å². The van der Waals surface area contributed by atoms with Gasteiger partial charge in [0.15, 0.2) is 0 Å². The van der Waals surface area contributed by atoms with Gasteiger partial charge in [0.05, 0.1) is 0 Å². The minimum absolute atomic E-state index is 0.681. The topological polar surface area (TPSA) is 71.7 Å². The van der Waals surface area contributed by atoms with Crippen molar-refractivity contribution in [2.24, 2.45) is 10.8 Å². The fraction of sp³-hybridized carbons (Fsp3) is 0.923. The summed E-state index contributed by atoms with van der Waals surface area (Å²) in [5.74, 6) is 7.37. The van der Waals surface area contributed by atoms with Crippen LogP contribution in [0.4, 0.5) is 0 Å². The quantitative estimate of drug-likeness (QED) is 0.168. The van der Waals surface area contributed by atoms with Crippen molar-refractivity contribution >= 4 is 17.7 Å².